The van der Waals surface area contributed by atoms with Crippen molar-refractivity contribution in [2.45, 2.75) is 72.5 Å². The molecule has 29 heavy (non-hydrogen) atoms. The molecule has 0 amide bonds. The average molecular weight is 403 g/mol. The van der Waals surface area contributed by atoms with Crippen LogP contribution >= 0.6 is 0 Å². The minimum absolute atomic E-state index is 0.191. The number of hydrogen-bond acceptors (Lipinski definition) is 5. The summed E-state index contributed by atoms with van der Waals surface area (Å²) in [4.78, 5) is 26.1. The quantitative estimate of drug-likeness (QED) is 0.738. The van der Waals surface area contributed by atoms with Crippen molar-refractivity contribution < 1.29 is 23.5 Å². The molecule has 1 aliphatic rings. The Balaban J connectivity index is 2.67. The van der Waals surface area contributed by atoms with Crippen LogP contribution in [-0.2, 0) is 19.1 Å². The van der Waals surface area contributed by atoms with Crippen LogP contribution < -0.4 is 5.32 Å². The van der Waals surface area contributed by atoms with E-state index in [9.17, 15) is 14.0 Å². The van der Waals surface area contributed by atoms with E-state index in [4.69, 9.17) is 9.47 Å². The summed E-state index contributed by atoms with van der Waals surface area (Å²) in [5.41, 5.74) is 0.135. The standard InChI is InChI=1S/C23H30FNO4/c1-13-17(20(26)28-22(3,4)5)19(15-11-9-10-12-16(15)24)18(14(2)25-13)21(27)29-23(6,7)8/h9-12,19,25H,1-8H3. The molecule has 0 bridgehead atoms. The normalized spacial score (nSPS) is 15.9. The molecular formula is C23H30FNO4. The summed E-state index contributed by atoms with van der Waals surface area (Å²) in [5.74, 6) is -2.67. The second kappa shape index (κ2) is 8.01. The molecule has 0 spiro atoms. The van der Waals surface area contributed by atoms with Crippen molar-refractivity contribution >= 4 is 11.9 Å². The minimum atomic E-state index is -0.942. The average Bonchev–Trinajstić information content (AvgIpc) is 2.50. The Morgan fingerprint density at radius 1 is 0.862 bits per heavy atom. The molecule has 0 fully saturated rings. The first-order valence-electron chi connectivity index (χ1n) is 9.61. The zero-order chi connectivity index (χ0) is 22.1. The lowest BCUT2D eigenvalue weighted by Gasteiger charge is -2.33. The molecule has 0 atom stereocenters. The molecule has 0 saturated carbocycles. The lowest BCUT2D eigenvalue weighted by molar-refractivity contribution is -0.150. The SMILES string of the molecule is CC1=C(C(=O)OC(C)(C)C)C(c2ccccc2F)C(C(=O)OC(C)(C)C)=C(C)N1. The Morgan fingerprint density at radius 2 is 1.28 bits per heavy atom. The third-order valence-electron chi connectivity index (χ3n) is 4.21. The first-order valence-corrected chi connectivity index (χ1v) is 9.61. The number of dihydropyridines is 1. The van der Waals surface area contributed by atoms with E-state index in [0.717, 1.165) is 0 Å². The van der Waals surface area contributed by atoms with Crippen molar-refractivity contribution in [1.29, 1.82) is 0 Å². The lowest BCUT2D eigenvalue weighted by Crippen LogP contribution is -2.36. The largest absolute Gasteiger partial charge is 0.457 e. The fraction of sp³-hybridized carbons (Fsp3) is 0.478. The Hall–Kier alpha value is -2.63. The van der Waals surface area contributed by atoms with Crippen molar-refractivity contribution in [1.82, 2.24) is 5.32 Å². The maximum absolute atomic E-state index is 14.8. The van der Waals surface area contributed by atoms with Crippen molar-refractivity contribution in [2.75, 3.05) is 0 Å². The number of esters is 2. The van der Waals surface area contributed by atoms with Gasteiger partial charge in [0.25, 0.3) is 0 Å². The molecule has 0 aliphatic carbocycles. The van der Waals surface area contributed by atoms with Gasteiger partial charge in [0.1, 0.15) is 17.0 Å². The highest BCUT2D eigenvalue weighted by molar-refractivity contribution is 6.00. The van der Waals surface area contributed by atoms with Gasteiger partial charge in [0.15, 0.2) is 0 Å². The van der Waals surface area contributed by atoms with Gasteiger partial charge in [-0.1, -0.05) is 18.2 Å². The third-order valence-corrected chi connectivity index (χ3v) is 4.21. The predicted molar refractivity (Wildman–Crippen MR) is 109 cm³/mol. The van der Waals surface area contributed by atoms with Gasteiger partial charge in [-0.05, 0) is 61.5 Å². The summed E-state index contributed by atoms with van der Waals surface area (Å²) in [6.07, 6.45) is 0. The first-order chi connectivity index (χ1) is 13.2. The van der Waals surface area contributed by atoms with Gasteiger partial charge in [0.05, 0.1) is 17.1 Å². The molecule has 1 N–H and O–H groups in total. The van der Waals surface area contributed by atoms with Crippen LogP contribution in [0.4, 0.5) is 4.39 Å². The highest BCUT2D eigenvalue weighted by Gasteiger charge is 2.40. The van der Waals surface area contributed by atoms with E-state index in [1.807, 2.05) is 0 Å². The first kappa shape index (κ1) is 22.7. The minimum Gasteiger partial charge on any atom is -0.457 e. The number of allylic oxidation sites excluding steroid dienone is 2. The van der Waals surface area contributed by atoms with Gasteiger partial charge in [-0.2, -0.15) is 0 Å². The van der Waals surface area contributed by atoms with Crippen molar-refractivity contribution in [3.8, 4) is 0 Å². The number of nitrogens with one attached hydrogen (secondary N) is 1. The third kappa shape index (κ3) is 5.46. The molecule has 1 aromatic carbocycles. The van der Waals surface area contributed by atoms with Gasteiger partial charge in [-0.3, -0.25) is 0 Å². The van der Waals surface area contributed by atoms with E-state index in [0.29, 0.717) is 11.4 Å². The maximum Gasteiger partial charge on any atom is 0.337 e. The number of hydrogen-bond donors (Lipinski definition) is 1. The number of halogens is 1. The van der Waals surface area contributed by atoms with Gasteiger partial charge < -0.3 is 14.8 Å². The van der Waals surface area contributed by atoms with Crippen LogP contribution in [0.1, 0.15) is 66.9 Å². The topological polar surface area (TPSA) is 64.6 Å². The van der Waals surface area contributed by atoms with E-state index in [1.165, 1.54) is 6.07 Å². The summed E-state index contributed by atoms with van der Waals surface area (Å²) < 4.78 is 25.9. The molecule has 0 aromatic heterocycles. The van der Waals surface area contributed by atoms with Crippen LogP contribution in [0.5, 0.6) is 0 Å². The van der Waals surface area contributed by atoms with Gasteiger partial charge in [-0.25, -0.2) is 14.0 Å². The summed E-state index contributed by atoms with van der Waals surface area (Å²) in [6, 6.07) is 6.11. The molecule has 5 nitrogen and oxygen atoms in total. The highest BCUT2D eigenvalue weighted by Crippen LogP contribution is 2.41. The second-order valence-corrected chi connectivity index (χ2v) is 9.16. The number of rotatable bonds is 3. The van der Waals surface area contributed by atoms with E-state index in [1.54, 1.807) is 73.6 Å². The molecule has 1 heterocycles. The number of ether oxygens (including phenoxy) is 2. The van der Waals surface area contributed by atoms with Gasteiger partial charge in [-0.15, -0.1) is 0 Å². The van der Waals surface area contributed by atoms with Crippen molar-refractivity contribution in [2.24, 2.45) is 0 Å². The summed E-state index contributed by atoms with van der Waals surface area (Å²) in [6.45, 7) is 14.0. The molecular weight excluding hydrogens is 373 g/mol. The Labute approximate surface area is 172 Å². The van der Waals surface area contributed by atoms with Gasteiger partial charge in [0, 0.05) is 17.0 Å². The van der Waals surface area contributed by atoms with Crippen LogP contribution in [-0.4, -0.2) is 23.1 Å². The smallest absolute Gasteiger partial charge is 0.337 e. The molecule has 0 unspecified atom stereocenters. The molecule has 158 valence electrons. The number of carbonyl (C=O) groups excluding carboxylic acids is 2. The van der Waals surface area contributed by atoms with E-state index >= 15 is 0 Å². The molecule has 0 radical (unpaired) electrons. The molecule has 6 heteroatoms. The highest BCUT2D eigenvalue weighted by atomic mass is 19.1. The van der Waals surface area contributed by atoms with Crippen molar-refractivity contribution in [3.63, 3.8) is 0 Å². The maximum atomic E-state index is 14.8. The Morgan fingerprint density at radius 3 is 1.66 bits per heavy atom. The summed E-state index contributed by atoms with van der Waals surface area (Å²) in [5, 5.41) is 3.07. The van der Waals surface area contributed by atoms with Crippen LogP contribution in [0.25, 0.3) is 0 Å². The molecule has 2 rings (SSSR count). The fourth-order valence-corrected chi connectivity index (χ4v) is 3.22. The van der Waals surface area contributed by atoms with Crippen LogP contribution in [0.3, 0.4) is 0 Å². The van der Waals surface area contributed by atoms with E-state index < -0.39 is 34.9 Å². The van der Waals surface area contributed by atoms with E-state index in [-0.39, 0.29) is 16.7 Å². The van der Waals surface area contributed by atoms with Crippen LogP contribution in [0.15, 0.2) is 46.8 Å². The van der Waals surface area contributed by atoms with Crippen molar-refractivity contribution in [3.05, 3.63) is 58.2 Å². The zero-order valence-electron chi connectivity index (χ0n) is 18.4. The van der Waals surface area contributed by atoms with Crippen LogP contribution in [0, 0.1) is 5.82 Å². The molecule has 1 aromatic rings. The molecule has 1 aliphatic heterocycles. The summed E-state index contributed by atoms with van der Waals surface area (Å²) in [7, 11) is 0. The van der Waals surface area contributed by atoms with Crippen LogP contribution in [0.2, 0.25) is 0 Å². The van der Waals surface area contributed by atoms with Gasteiger partial charge >= 0.3 is 11.9 Å². The molecule has 0 saturated heterocycles. The fourth-order valence-electron chi connectivity index (χ4n) is 3.22. The Bertz CT molecular complexity index is 835. The summed E-state index contributed by atoms with van der Waals surface area (Å²) >= 11 is 0. The number of carbonyl (C=O) groups is 2. The Kier molecular flexibility index (Phi) is 6.26. The lowest BCUT2D eigenvalue weighted by atomic mass is 9.80. The number of benzene rings is 1. The van der Waals surface area contributed by atoms with E-state index in [2.05, 4.69) is 5.32 Å². The second-order valence-electron chi connectivity index (χ2n) is 9.16. The zero-order valence-corrected chi connectivity index (χ0v) is 18.4. The van der Waals surface area contributed by atoms with Gasteiger partial charge in [0.2, 0.25) is 0 Å². The monoisotopic (exact) mass is 403 g/mol. The predicted octanol–water partition coefficient (Wildman–Crippen LogP) is 4.74.